The Balaban J connectivity index is 1.93. The molecule has 0 bridgehead atoms. The van der Waals surface area contributed by atoms with Gasteiger partial charge in [-0.15, -0.1) is 0 Å². The van der Waals surface area contributed by atoms with Crippen molar-refractivity contribution in [1.82, 2.24) is 5.32 Å². The van der Waals surface area contributed by atoms with Crippen LogP contribution in [0.1, 0.15) is 38.2 Å². The van der Waals surface area contributed by atoms with E-state index in [1.54, 1.807) is 11.3 Å². The minimum absolute atomic E-state index is 0.0265. The molecule has 1 aliphatic rings. The van der Waals surface area contributed by atoms with Crippen molar-refractivity contribution >= 4 is 17.1 Å². The van der Waals surface area contributed by atoms with Crippen molar-refractivity contribution in [2.24, 2.45) is 5.41 Å². The van der Waals surface area contributed by atoms with Gasteiger partial charge in [0.25, 0.3) is 0 Å². The van der Waals surface area contributed by atoms with Gasteiger partial charge in [-0.3, -0.25) is 4.79 Å². The maximum absolute atomic E-state index is 12.4. The SMILES string of the molecule is CCC1(C(=O)CCc2ccsc2)CCNCC1. The minimum atomic E-state index is -0.0265. The van der Waals surface area contributed by atoms with Crippen LogP contribution < -0.4 is 5.32 Å². The molecule has 1 aromatic heterocycles. The highest BCUT2D eigenvalue weighted by Crippen LogP contribution is 2.35. The minimum Gasteiger partial charge on any atom is -0.317 e. The van der Waals surface area contributed by atoms with Gasteiger partial charge < -0.3 is 5.32 Å². The molecule has 1 fully saturated rings. The molecule has 2 heterocycles. The van der Waals surface area contributed by atoms with E-state index in [0.29, 0.717) is 12.2 Å². The molecule has 2 rings (SSSR count). The van der Waals surface area contributed by atoms with Crippen LogP contribution >= 0.6 is 11.3 Å². The molecule has 0 atom stereocenters. The molecule has 0 saturated carbocycles. The zero-order chi connectivity index (χ0) is 12.1. The molecule has 94 valence electrons. The first-order valence-electron chi connectivity index (χ1n) is 6.52. The third-order valence-corrected chi connectivity index (χ3v) is 4.78. The second-order valence-corrected chi connectivity index (χ2v) is 5.72. The summed E-state index contributed by atoms with van der Waals surface area (Å²) in [7, 11) is 0. The van der Waals surface area contributed by atoms with E-state index in [0.717, 1.165) is 38.8 Å². The van der Waals surface area contributed by atoms with Crippen LogP contribution in [0.15, 0.2) is 16.8 Å². The van der Waals surface area contributed by atoms with Crippen molar-refractivity contribution in [2.45, 2.75) is 39.0 Å². The summed E-state index contributed by atoms with van der Waals surface area (Å²) in [6.45, 7) is 4.16. The lowest BCUT2D eigenvalue weighted by molar-refractivity contribution is -0.130. The molecule has 0 aliphatic carbocycles. The van der Waals surface area contributed by atoms with Gasteiger partial charge in [-0.05, 0) is 61.2 Å². The maximum atomic E-state index is 12.4. The lowest BCUT2D eigenvalue weighted by Gasteiger charge is -2.35. The number of rotatable bonds is 5. The smallest absolute Gasteiger partial charge is 0.139 e. The van der Waals surface area contributed by atoms with Crippen LogP contribution in [0.5, 0.6) is 0 Å². The molecule has 1 aromatic rings. The van der Waals surface area contributed by atoms with Crippen molar-refractivity contribution < 1.29 is 4.79 Å². The average molecular weight is 251 g/mol. The number of nitrogens with one attached hydrogen (secondary N) is 1. The summed E-state index contributed by atoms with van der Waals surface area (Å²) in [6, 6.07) is 2.12. The van der Waals surface area contributed by atoms with Crippen LogP contribution in [0.25, 0.3) is 0 Å². The van der Waals surface area contributed by atoms with Crippen molar-refractivity contribution in [3.63, 3.8) is 0 Å². The van der Waals surface area contributed by atoms with E-state index < -0.39 is 0 Å². The van der Waals surface area contributed by atoms with Gasteiger partial charge in [0.15, 0.2) is 0 Å². The lowest BCUT2D eigenvalue weighted by Crippen LogP contribution is -2.41. The Labute approximate surface area is 107 Å². The summed E-state index contributed by atoms with van der Waals surface area (Å²) in [5, 5.41) is 7.58. The first kappa shape index (κ1) is 12.8. The Kier molecular flexibility index (Phi) is 4.35. The number of hydrogen-bond donors (Lipinski definition) is 1. The van der Waals surface area contributed by atoms with E-state index in [4.69, 9.17) is 0 Å². The molecule has 1 N–H and O–H groups in total. The van der Waals surface area contributed by atoms with Gasteiger partial charge in [0.2, 0.25) is 0 Å². The quantitative estimate of drug-likeness (QED) is 0.871. The van der Waals surface area contributed by atoms with E-state index in [-0.39, 0.29) is 5.41 Å². The van der Waals surface area contributed by atoms with Crippen molar-refractivity contribution in [3.8, 4) is 0 Å². The lowest BCUT2D eigenvalue weighted by atomic mass is 9.72. The van der Waals surface area contributed by atoms with Gasteiger partial charge in [0.05, 0.1) is 0 Å². The topological polar surface area (TPSA) is 29.1 Å². The summed E-state index contributed by atoms with van der Waals surface area (Å²) in [6.07, 6.45) is 4.66. The molecule has 2 nitrogen and oxygen atoms in total. The van der Waals surface area contributed by atoms with Crippen LogP contribution in [0.3, 0.4) is 0 Å². The second kappa shape index (κ2) is 5.78. The number of carbonyl (C=O) groups is 1. The van der Waals surface area contributed by atoms with Gasteiger partial charge in [-0.2, -0.15) is 11.3 Å². The van der Waals surface area contributed by atoms with E-state index in [9.17, 15) is 4.79 Å². The van der Waals surface area contributed by atoms with Crippen molar-refractivity contribution in [3.05, 3.63) is 22.4 Å². The highest BCUT2D eigenvalue weighted by Gasteiger charge is 2.36. The highest BCUT2D eigenvalue weighted by molar-refractivity contribution is 7.07. The molecule has 0 amide bonds. The number of carbonyl (C=O) groups excluding carboxylic acids is 1. The third-order valence-electron chi connectivity index (χ3n) is 4.05. The standard InChI is InChI=1S/C14H21NOS/c1-2-14(6-8-15-9-7-14)13(16)4-3-12-5-10-17-11-12/h5,10-11,15H,2-4,6-9H2,1H3. The third kappa shape index (κ3) is 2.96. The molecule has 0 spiro atoms. The van der Waals surface area contributed by atoms with Gasteiger partial charge in [0.1, 0.15) is 5.78 Å². The van der Waals surface area contributed by atoms with Crippen LogP contribution in [0.4, 0.5) is 0 Å². The zero-order valence-corrected chi connectivity index (χ0v) is 11.3. The Hall–Kier alpha value is -0.670. The van der Waals surface area contributed by atoms with Gasteiger partial charge in [-0.25, -0.2) is 0 Å². The Bertz CT molecular complexity index is 352. The van der Waals surface area contributed by atoms with Crippen LogP contribution in [-0.2, 0) is 11.2 Å². The largest absolute Gasteiger partial charge is 0.317 e. The molecular formula is C14H21NOS. The predicted octanol–water partition coefficient (Wildman–Crippen LogP) is 3.03. The van der Waals surface area contributed by atoms with E-state index in [2.05, 4.69) is 29.1 Å². The fourth-order valence-corrected chi connectivity index (χ4v) is 3.40. The van der Waals surface area contributed by atoms with Crippen molar-refractivity contribution in [1.29, 1.82) is 0 Å². The summed E-state index contributed by atoms with van der Waals surface area (Å²) < 4.78 is 0. The molecule has 1 aliphatic heterocycles. The number of thiophene rings is 1. The molecule has 0 radical (unpaired) electrons. The summed E-state index contributed by atoms with van der Waals surface area (Å²) >= 11 is 1.71. The summed E-state index contributed by atoms with van der Waals surface area (Å²) in [4.78, 5) is 12.4. The van der Waals surface area contributed by atoms with E-state index >= 15 is 0 Å². The Morgan fingerprint density at radius 1 is 1.47 bits per heavy atom. The van der Waals surface area contributed by atoms with Gasteiger partial charge in [-0.1, -0.05) is 6.92 Å². The average Bonchev–Trinajstić information content (AvgIpc) is 2.90. The normalized spacial score (nSPS) is 19.1. The first-order chi connectivity index (χ1) is 8.27. The monoisotopic (exact) mass is 251 g/mol. The predicted molar refractivity (Wildman–Crippen MR) is 72.5 cm³/mol. The van der Waals surface area contributed by atoms with E-state index in [1.807, 2.05) is 0 Å². The molecule has 1 saturated heterocycles. The Morgan fingerprint density at radius 3 is 2.82 bits per heavy atom. The highest BCUT2D eigenvalue weighted by atomic mass is 32.1. The van der Waals surface area contributed by atoms with Crippen molar-refractivity contribution in [2.75, 3.05) is 13.1 Å². The summed E-state index contributed by atoms with van der Waals surface area (Å²) in [5.74, 6) is 0.479. The van der Waals surface area contributed by atoms with Gasteiger partial charge >= 0.3 is 0 Å². The number of hydrogen-bond acceptors (Lipinski definition) is 3. The van der Waals surface area contributed by atoms with E-state index in [1.165, 1.54) is 5.56 Å². The summed E-state index contributed by atoms with van der Waals surface area (Å²) in [5.41, 5.74) is 1.28. The molecular weight excluding hydrogens is 230 g/mol. The van der Waals surface area contributed by atoms with Crippen LogP contribution in [-0.4, -0.2) is 18.9 Å². The van der Waals surface area contributed by atoms with Crippen LogP contribution in [0, 0.1) is 5.41 Å². The fourth-order valence-electron chi connectivity index (χ4n) is 2.69. The molecule has 3 heteroatoms. The molecule has 0 unspecified atom stereocenters. The molecule has 0 aromatic carbocycles. The Morgan fingerprint density at radius 2 is 2.24 bits per heavy atom. The maximum Gasteiger partial charge on any atom is 0.139 e. The number of Topliss-reactive ketones (excluding diaryl/α,β-unsaturated/α-hetero) is 1. The second-order valence-electron chi connectivity index (χ2n) is 4.94. The van der Waals surface area contributed by atoms with Gasteiger partial charge in [0, 0.05) is 11.8 Å². The zero-order valence-electron chi connectivity index (χ0n) is 10.5. The number of aryl methyl sites for hydroxylation is 1. The van der Waals surface area contributed by atoms with Crippen LogP contribution in [0.2, 0.25) is 0 Å². The fraction of sp³-hybridized carbons (Fsp3) is 0.643. The molecule has 17 heavy (non-hydrogen) atoms. The number of ketones is 1. The number of piperidine rings is 1. The first-order valence-corrected chi connectivity index (χ1v) is 7.46.